The number of benzene rings is 1. The molecule has 0 atom stereocenters. The summed E-state index contributed by atoms with van der Waals surface area (Å²) in [6.07, 6.45) is 1.82. The van der Waals surface area contributed by atoms with E-state index in [1.165, 1.54) is 43.9 Å². The third kappa shape index (κ3) is 3.59. The largest absolute Gasteiger partial charge is 0.508 e. The number of H-pyrrole nitrogens is 1. The number of phenolic OH excluding ortho intramolecular Hbond substituents is 1. The Morgan fingerprint density at radius 2 is 1.72 bits per heavy atom. The van der Waals surface area contributed by atoms with Crippen LogP contribution in [-0.2, 0) is 6.18 Å². The predicted octanol–water partition coefficient (Wildman–Crippen LogP) is 5.15. The molecule has 3 heterocycles. The van der Waals surface area contributed by atoms with Gasteiger partial charge in [-0.15, -0.1) is 0 Å². The minimum absolute atomic E-state index is 0.0541. The van der Waals surface area contributed by atoms with Crippen LogP contribution in [0.2, 0.25) is 0 Å². The van der Waals surface area contributed by atoms with Crippen LogP contribution in [0.1, 0.15) is 54.6 Å². The summed E-state index contributed by atoms with van der Waals surface area (Å²) in [5.41, 5.74) is -0.0972. The fraction of sp³-hybridized carbons (Fsp3) is 0.435. The van der Waals surface area contributed by atoms with Crippen LogP contribution in [0, 0.1) is 5.41 Å². The molecule has 1 aliphatic heterocycles. The van der Waals surface area contributed by atoms with Gasteiger partial charge in [-0.1, -0.05) is 12.8 Å². The quantitative estimate of drug-likeness (QED) is 0.573. The number of halogens is 3. The van der Waals surface area contributed by atoms with Crippen molar-refractivity contribution in [3.05, 3.63) is 41.6 Å². The molecule has 0 radical (unpaired) electrons. The number of nitrogens with one attached hydrogen (secondary N) is 1. The Labute approximate surface area is 182 Å². The first kappa shape index (κ1) is 20.8. The number of nitrogens with zero attached hydrogens (tertiary/aromatic N) is 3. The summed E-state index contributed by atoms with van der Waals surface area (Å²) in [4.78, 5) is 19.4. The van der Waals surface area contributed by atoms with Gasteiger partial charge < -0.3 is 10.0 Å². The molecule has 1 aromatic carbocycles. The molecule has 1 saturated carbocycles. The van der Waals surface area contributed by atoms with Crippen molar-refractivity contribution < 1.29 is 23.1 Å². The first-order chi connectivity index (χ1) is 15.3. The van der Waals surface area contributed by atoms with Crippen molar-refractivity contribution >= 4 is 16.9 Å². The molecule has 1 spiro atoms. The van der Waals surface area contributed by atoms with Crippen molar-refractivity contribution in [2.45, 2.75) is 44.7 Å². The Kier molecular flexibility index (Phi) is 4.87. The highest BCUT2D eigenvalue weighted by Gasteiger charge is 2.40. The number of carbonyl (C=O) groups excluding carboxylic acids is 1. The first-order valence-corrected chi connectivity index (χ1v) is 10.8. The fourth-order valence-electron chi connectivity index (χ4n) is 5.16. The number of hydrogen-bond acceptors (Lipinski definition) is 4. The van der Waals surface area contributed by atoms with Crippen molar-refractivity contribution in [1.82, 2.24) is 20.1 Å². The number of piperidine rings is 1. The van der Waals surface area contributed by atoms with E-state index in [4.69, 9.17) is 0 Å². The van der Waals surface area contributed by atoms with Crippen LogP contribution in [0.25, 0.3) is 22.3 Å². The lowest BCUT2D eigenvalue weighted by Gasteiger charge is -2.39. The standard InChI is InChI=1S/C23H23F3N4O2/c24-23(25,26)19-18-16(21(32)30-11-9-22(10-12-30)7-1-2-8-22)13-17(27-20(18)29-28-19)14-3-5-15(31)6-4-14/h3-6,13,31H,1-2,7-12H2,(H,27,28,29). The van der Waals surface area contributed by atoms with Crippen LogP contribution in [0.5, 0.6) is 5.75 Å². The zero-order chi connectivity index (χ0) is 22.5. The number of pyridine rings is 1. The number of aromatic hydroxyl groups is 1. The SMILES string of the molecule is O=C(c1cc(-c2ccc(O)cc2)nc2n[nH]c(C(F)(F)F)c12)N1CCC2(CCCC2)CC1. The van der Waals surface area contributed by atoms with Crippen LogP contribution in [0.4, 0.5) is 13.2 Å². The zero-order valence-corrected chi connectivity index (χ0v) is 17.4. The maximum absolute atomic E-state index is 13.7. The summed E-state index contributed by atoms with van der Waals surface area (Å²) >= 11 is 0. The molecule has 2 fully saturated rings. The van der Waals surface area contributed by atoms with Gasteiger partial charge in [0.05, 0.1) is 16.6 Å². The number of rotatable bonds is 2. The summed E-state index contributed by atoms with van der Waals surface area (Å²) in [5, 5.41) is 15.0. The molecule has 32 heavy (non-hydrogen) atoms. The molecule has 3 aromatic rings. The van der Waals surface area contributed by atoms with Gasteiger partial charge in [-0.3, -0.25) is 9.89 Å². The maximum Gasteiger partial charge on any atom is 0.433 e. The highest BCUT2D eigenvalue weighted by Crippen LogP contribution is 2.46. The first-order valence-electron chi connectivity index (χ1n) is 10.8. The average Bonchev–Trinajstić information content (AvgIpc) is 3.41. The molecule has 1 amide bonds. The van der Waals surface area contributed by atoms with Crippen molar-refractivity contribution in [2.24, 2.45) is 5.41 Å². The molecule has 2 aliphatic rings. The van der Waals surface area contributed by atoms with E-state index in [-0.39, 0.29) is 27.8 Å². The Morgan fingerprint density at radius 1 is 1.06 bits per heavy atom. The molecule has 6 nitrogen and oxygen atoms in total. The van der Waals surface area contributed by atoms with Crippen molar-refractivity contribution in [3.8, 4) is 17.0 Å². The third-order valence-electron chi connectivity index (χ3n) is 6.98. The third-order valence-corrected chi connectivity index (χ3v) is 6.98. The second kappa shape index (κ2) is 7.50. The van der Waals surface area contributed by atoms with E-state index in [1.807, 2.05) is 5.10 Å². The zero-order valence-electron chi connectivity index (χ0n) is 17.4. The van der Waals surface area contributed by atoms with Crippen LogP contribution in [-0.4, -0.2) is 44.2 Å². The highest BCUT2D eigenvalue weighted by molar-refractivity contribution is 6.07. The van der Waals surface area contributed by atoms with Crippen LogP contribution in [0.15, 0.2) is 30.3 Å². The molecule has 1 aliphatic carbocycles. The monoisotopic (exact) mass is 444 g/mol. The lowest BCUT2D eigenvalue weighted by molar-refractivity contribution is -0.139. The van der Waals surface area contributed by atoms with E-state index in [9.17, 15) is 23.1 Å². The molecule has 2 N–H and O–H groups in total. The topological polar surface area (TPSA) is 82.1 Å². The highest BCUT2D eigenvalue weighted by atomic mass is 19.4. The molecule has 168 valence electrons. The van der Waals surface area contributed by atoms with E-state index in [0.29, 0.717) is 24.3 Å². The summed E-state index contributed by atoms with van der Waals surface area (Å²) < 4.78 is 41.0. The second-order valence-corrected chi connectivity index (χ2v) is 8.90. The fourth-order valence-corrected chi connectivity index (χ4v) is 5.16. The van der Waals surface area contributed by atoms with Gasteiger partial charge in [0.15, 0.2) is 5.65 Å². The van der Waals surface area contributed by atoms with Gasteiger partial charge in [-0.25, -0.2) is 4.98 Å². The number of aromatic amines is 1. The van der Waals surface area contributed by atoms with E-state index in [1.54, 1.807) is 17.0 Å². The summed E-state index contributed by atoms with van der Waals surface area (Å²) in [7, 11) is 0. The normalized spacial score (nSPS) is 18.5. The van der Waals surface area contributed by atoms with E-state index in [0.717, 1.165) is 12.8 Å². The smallest absolute Gasteiger partial charge is 0.433 e. The Balaban J connectivity index is 1.57. The Morgan fingerprint density at radius 3 is 2.34 bits per heavy atom. The van der Waals surface area contributed by atoms with Gasteiger partial charge in [0.1, 0.15) is 11.4 Å². The minimum Gasteiger partial charge on any atom is -0.508 e. The number of alkyl halides is 3. The van der Waals surface area contributed by atoms with Gasteiger partial charge in [0, 0.05) is 18.7 Å². The number of phenols is 1. The van der Waals surface area contributed by atoms with E-state index in [2.05, 4.69) is 10.1 Å². The Bertz CT molecular complexity index is 1150. The molecule has 5 rings (SSSR count). The van der Waals surface area contributed by atoms with Gasteiger partial charge in [-0.05, 0) is 61.4 Å². The van der Waals surface area contributed by atoms with E-state index < -0.39 is 17.8 Å². The number of carbonyl (C=O) groups is 1. The van der Waals surface area contributed by atoms with Crippen molar-refractivity contribution in [1.29, 1.82) is 0 Å². The second-order valence-electron chi connectivity index (χ2n) is 8.90. The molecule has 0 unspecified atom stereocenters. The van der Waals surface area contributed by atoms with Gasteiger partial charge >= 0.3 is 6.18 Å². The van der Waals surface area contributed by atoms with Crippen LogP contribution in [0.3, 0.4) is 0 Å². The number of hydrogen-bond donors (Lipinski definition) is 2. The van der Waals surface area contributed by atoms with E-state index >= 15 is 0 Å². The lowest BCUT2D eigenvalue weighted by Crippen LogP contribution is -2.42. The van der Waals surface area contributed by atoms with Gasteiger partial charge in [0.2, 0.25) is 0 Å². The Hall–Kier alpha value is -3.10. The van der Waals surface area contributed by atoms with Crippen molar-refractivity contribution in [2.75, 3.05) is 13.1 Å². The van der Waals surface area contributed by atoms with Crippen molar-refractivity contribution in [3.63, 3.8) is 0 Å². The molecule has 0 bridgehead atoms. The molecule has 9 heteroatoms. The molecular formula is C23H23F3N4O2. The lowest BCUT2D eigenvalue weighted by atomic mass is 9.77. The van der Waals surface area contributed by atoms with Gasteiger partial charge in [0.25, 0.3) is 5.91 Å². The number of likely N-dealkylation sites (tertiary alicyclic amines) is 1. The number of amides is 1. The van der Waals surface area contributed by atoms with Crippen LogP contribution < -0.4 is 0 Å². The number of fused-ring (bicyclic) bond motifs is 1. The maximum atomic E-state index is 13.7. The summed E-state index contributed by atoms with van der Waals surface area (Å²) in [5.74, 6) is -0.378. The molecule has 2 aromatic heterocycles. The van der Waals surface area contributed by atoms with Crippen LogP contribution >= 0.6 is 0 Å². The molecular weight excluding hydrogens is 421 g/mol. The predicted molar refractivity (Wildman–Crippen MR) is 112 cm³/mol. The average molecular weight is 444 g/mol. The minimum atomic E-state index is -4.69. The summed E-state index contributed by atoms with van der Waals surface area (Å²) in [6.45, 7) is 1.08. The molecule has 1 saturated heterocycles. The van der Waals surface area contributed by atoms with Gasteiger partial charge in [-0.2, -0.15) is 18.3 Å². The number of aromatic nitrogens is 3. The summed E-state index contributed by atoms with van der Waals surface area (Å²) in [6, 6.07) is 7.52.